The number of carbonyl (C=O) groups excluding carboxylic acids is 1. The van der Waals surface area contributed by atoms with Crippen LogP contribution in [0, 0.1) is 9.39 Å². The zero-order chi connectivity index (χ0) is 19.4. The molecule has 3 aromatic rings. The van der Waals surface area contributed by atoms with Crippen LogP contribution < -0.4 is 15.5 Å². The van der Waals surface area contributed by atoms with E-state index in [1.165, 1.54) is 25.4 Å². The van der Waals surface area contributed by atoms with Gasteiger partial charge in [0.15, 0.2) is 0 Å². The lowest BCUT2D eigenvalue weighted by Gasteiger charge is -2.10. The highest BCUT2D eigenvalue weighted by Crippen LogP contribution is 2.39. The molecular weight excluding hydrogens is 472 g/mol. The first-order chi connectivity index (χ1) is 12.9. The van der Waals surface area contributed by atoms with Gasteiger partial charge in [0.05, 0.1) is 17.2 Å². The first kappa shape index (κ1) is 19.3. The number of aliphatic hydroxyl groups is 1. The predicted octanol–water partition coefficient (Wildman–Crippen LogP) is 3.72. The molecule has 142 valence electrons. The van der Waals surface area contributed by atoms with Crippen molar-refractivity contribution in [2.75, 3.05) is 11.9 Å². The number of nitrogens with zero attached hydrogens (tertiary/aromatic N) is 1. The number of pyridine rings is 1. The molecule has 1 aromatic carbocycles. The van der Waals surface area contributed by atoms with Crippen LogP contribution in [-0.2, 0) is 4.84 Å². The van der Waals surface area contributed by atoms with Crippen molar-refractivity contribution in [1.82, 2.24) is 10.5 Å². The van der Waals surface area contributed by atoms with E-state index in [-0.39, 0.29) is 23.9 Å². The zero-order valence-electron chi connectivity index (χ0n) is 14.0. The maximum atomic E-state index is 14.2. The smallest absolute Gasteiger partial charge is 0.424 e. The lowest BCUT2D eigenvalue weighted by Crippen LogP contribution is -2.29. The van der Waals surface area contributed by atoms with Crippen molar-refractivity contribution in [2.45, 2.75) is 13.0 Å². The van der Waals surface area contributed by atoms with E-state index in [0.29, 0.717) is 11.0 Å². The summed E-state index contributed by atoms with van der Waals surface area (Å²) >= 11 is 2.00. The van der Waals surface area contributed by atoms with E-state index < -0.39 is 18.0 Å². The largest absolute Gasteiger partial charge is 0.439 e. The fourth-order valence-electron chi connectivity index (χ4n) is 2.16. The lowest BCUT2D eigenvalue weighted by atomic mass is 10.2. The predicted molar refractivity (Wildman–Crippen MR) is 103 cm³/mol. The van der Waals surface area contributed by atoms with Gasteiger partial charge in [0.1, 0.15) is 23.7 Å². The van der Waals surface area contributed by atoms with Crippen LogP contribution in [0.25, 0.3) is 11.0 Å². The summed E-state index contributed by atoms with van der Waals surface area (Å²) in [5.41, 5.74) is 2.83. The Morgan fingerprint density at radius 3 is 3.00 bits per heavy atom. The van der Waals surface area contributed by atoms with Gasteiger partial charge in [-0.25, -0.2) is 9.18 Å². The fraction of sp³-hybridized carbons (Fsp3) is 0.176. The highest BCUT2D eigenvalue weighted by molar-refractivity contribution is 14.1. The summed E-state index contributed by atoms with van der Waals surface area (Å²) in [5.74, 6) is -0.662. The average Bonchev–Trinajstić information content (AvgIpc) is 2.94. The summed E-state index contributed by atoms with van der Waals surface area (Å²) in [5, 5.41) is 12.5. The summed E-state index contributed by atoms with van der Waals surface area (Å²) < 4.78 is 25.6. The first-order valence-electron chi connectivity index (χ1n) is 7.80. The molecule has 1 amide bonds. The van der Waals surface area contributed by atoms with Crippen molar-refractivity contribution in [3.63, 3.8) is 0 Å². The van der Waals surface area contributed by atoms with Crippen molar-refractivity contribution >= 4 is 51.0 Å². The van der Waals surface area contributed by atoms with Gasteiger partial charge in [0.25, 0.3) is 0 Å². The standard InChI is InChI=1S/C17H15FIN3O5/c1-9(23)8-25-22-17(24)27-16-15(11-7-20-5-4-14(11)26-16)21-13-3-2-10(19)6-12(13)18/h2-7,9,21,23H,8H2,1H3,(H,22,24). The van der Waals surface area contributed by atoms with E-state index in [1.807, 2.05) is 28.1 Å². The molecule has 0 aliphatic heterocycles. The number of fused-ring (bicyclic) bond motifs is 1. The van der Waals surface area contributed by atoms with Crippen LogP contribution in [0.3, 0.4) is 0 Å². The molecule has 10 heteroatoms. The molecule has 0 saturated heterocycles. The van der Waals surface area contributed by atoms with Crippen LogP contribution in [0.4, 0.5) is 20.6 Å². The second-order valence-electron chi connectivity index (χ2n) is 5.54. The number of rotatable bonds is 6. The zero-order valence-corrected chi connectivity index (χ0v) is 16.2. The van der Waals surface area contributed by atoms with Crippen LogP contribution in [0.1, 0.15) is 6.92 Å². The number of hydrogen-bond donors (Lipinski definition) is 3. The van der Waals surface area contributed by atoms with Gasteiger partial charge >= 0.3 is 12.0 Å². The molecule has 1 atom stereocenters. The van der Waals surface area contributed by atoms with Gasteiger partial charge in [0.2, 0.25) is 0 Å². The Bertz CT molecular complexity index is 963. The molecule has 1 unspecified atom stereocenters. The summed E-state index contributed by atoms with van der Waals surface area (Å²) in [6, 6.07) is 6.23. The molecule has 0 aliphatic carbocycles. The Balaban J connectivity index is 1.86. The number of carbonyl (C=O) groups is 1. The number of hydrogen-bond acceptors (Lipinski definition) is 7. The summed E-state index contributed by atoms with van der Waals surface area (Å²) in [6.07, 6.45) is 1.29. The van der Waals surface area contributed by atoms with E-state index in [1.54, 1.807) is 18.2 Å². The lowest BCUT2D eigenvalue weighted by molar-refractivity contribution is -0.00534. The minimum Gasteiger partial charge on any atom is -0.424 e. The van der Waals surface area contributed by atoms with E-state index in [2.05, 4.69) is 10.3 Å². The van der Waals surface area contributed by atoms with Crippen LogP contribution in [0.2, 0.25) is 0 Å². The quantitative estimate of drug-likeness (QED) is 0.360. The molecule has 0 bridgehead atoms. The Kier molecular flexibility index (Phi) is 6.08. The summed E-state index contributed by atoms with van der Waals surface area (Å²) in [4.78, 5) is 20.7. The van der Waals surface area contributed by atoms with Crippen molar-refractivity contribution in [2.24, 2.45) is 0 Å². The van der Waals surface area contributed by atoms with Crippen molar-refractivity contribution in [3.8, 4) is 5.95 Å². The second-order valence-corrected chi connectivity index (χ2v) is 6.78. The second kappa shape index (κ2) is 8.50. The maximum Gasteiger partial charge on any atom is 0.439 e. The van der Waals surface area contributed by atoms with E-state index in [0.717, 1.165) is 3.57 Å². The molecule has 0 radical (unpaired) electrons. The highest BCUT2D eigenvalue weighted by Gasteiger charge is 2.20. The Hall–Kier alpha value is -2.44. The number of hydroxylamine groups is 1. The minimum absolute atomic E-state index is 0.113. The molecule has 0 saturated carbocycles. The number of halogens is 2. The third kappa shape index (κ3) is 4.84. The Morgan fingerprint density at radius 1 is 1.44 bits per heavy atom. The number of benzene rings is 1. The molecule has 0 aliphatic rings. The van der Waals surface area contributed by atoms with Gasteiger partial charge < -0.3 is 19.6 Å². The van der Waals surface area contributed by atoms with Gasteiger partial charge in [-0.2, -0.15) is 5.48 Å². The molecule has 0 fully saturated rings. The topological polar surface area (TPSA) is 106 Å². The molecule has 2 heterocycles. The van der Waals surface area contributed by atoms with Crippen molar-refractivity contribution in [1.29, 1.82) is 0 Å². The monoisotopic (exact) mass is 487 g/mol. The molecule has 3 rings (SSSR count). The summed E-state index contributed by atoms with van der Waals surface area (Å²) in [7, 11) is 0. The van der Waals surface area contributed by atoms with Gasteiger partial charge in [0, 0.05) is 16.0 Å². The first-order valence-corrected chi connectivity index (χ1v) is 8.88. The molecule has 3 N–H and O–H groups in total. The molecule has 8 nitrogen and oxygen atoms in total. The van der Waals surface area contributed by atoms with Crippen molar-refractivity contribution in [3.05, 3.63) is 46.0 Å². The average molecular weight is 487 g/mol. The minimum atomic E-state index is -0.964. The third-order valence-electron chi connectivity index (χ3n) is 3.31. The van der Waals surface area contributed by atoms with Crippen molar-refractivity contribution < 1.29 is 28.3 Å². The number of aromatic nitrogens is 1. The van der Waals surface area contributed by atoms with Crippen LogP contribution >= 0.6 is 22.6 Å². The van der Waals surface area contributed by atoms with Crippen LogP contribution in [0.5, 0.6) is 5.95 Å². The molecule has 2 aromatic heterocycles. The van der Waals surface area contributed by atoms with E-state index >= 15 is 0 Å². The molecule has 27 heavy (non-hydrogen) atoms. The molecule has 0 spiro atoms. The molecular formula is C17H15FIN3O5. The number of furan rings is 1. The van der Waals surface area contributed by atoms with E-state index in [4.69, 9.17) is 19.1 Å². The number of aliphatic hydroxyl groups excluding tert-OH is 1. The maximum absolute atomic E-state index is 14.2. The number of nitrogens with one attached hydrogen (secondary N) is 2. The Labute approximate surface area is 166 Å². The van der Waals surface area contributed by atoms with E-state index in [9.17, 15) is 9.18 Å². The fourth-order valence-corrected chi connectivity index (χ4v) is 2.61. The number of ether oxygens (including phenoxy) is 1. The van der Waals surface area contributed by atoms with Gasteiger partial charge in [-0.3, -0.25) is 9.82 Å². The van der Waals surface area contributed by atoms with Gasteiger partial charge in [-0.1, -0.05) is 0 Å². The third-order valence-corrected chi connectivity index (χ3v) is 3.98. The van der Waals surface area contributed by atoms with Crippen LogP contribution in [0.15, 0.2) is 41.1 Å². The Morgan fingerprint density at radius 2 is 2.26 bits per heavy atom. The summed E-state index contributed by atoms with van der Waals surface area (Å²) in [6.45, 7) is 1.38. The van der Waals surface area contributed by atoms with Gasteiger partial charge in [-0.05, 0) is 53.8 Å². The number of anilines is 2. The normalized spacial score (nSPS) is 12.0. The SMILES string of the molecule is CC(O)CONC(=O)Oc1oc2ccncc2c1Nc1ccc(I)cc1F. The highest BCUT2D eigenvalue weighted by atomic mass is 127. The number of amides is 1. The van der Waals surface area contributed by atoms with Crippen LogP contribution in [-0.4, -0.2) is 28.9 Å². The van der Waals surface area contributed by atoms with Gasteiger partial charge in [-0.15, -0.1) is 0 Å².